The van der Waals surface area contributed by atoms with E-state index in [1.807, 2.05) is 14.0 Å². The number of nitrogens with one attached hydrogen (secondary N) is 1. The molecule has 0 aliphatic rings. The van der Waals surface area contributed by atoms with Crippen LogP contribution in [0.25, 0.3) is 0 Å². The van der Waals surface area contributed by atoms with E-state index < -0.39 is 12.0 Å². The third-order valence-corrected chi connectivity index (χ3v) is 2.44. The summed E-state index contributed by atoms with van der Waals surface area (Å²) in [6, 6.07) is 0.0947. The highest BCUT2D eigenvalue weighted by Crippen LogP contribution is 1.93. The molecule has 2 N–H and O–H groups in total. The van der Waals surface area contributed by atoms with Crippen molar-refractivity contribution >= 4 is 5.97 Å². The molecule has 0 saturated heterocycles. The van der Waals surface area contributed by atoms with Gasteiger partial charge in [-0.15, -0.1) is 0 Å². The number of likely N-dealkylation sites (N-methyl/N-ethyl adjacent to an activating group) is 1. The number of hydrogen-bond acceptors (Lipinski definition) is 3. The van der Waals surface area contributed by atoms with Crippen LogP contribution in [0.1, 0.15) is 27.2 Å². The van der Waals surface area contributed by atoms with Gasteiger partial charge in [0, 0.05) is 19.1 Å². The second-order valence-electron chi connectivity index (χ2n) is 3.83. The highest BCUT2D eigenvalue weighted by atomic mass is 16.4. The van der Waals surface area contributed by atoms with Gasteiger partial charge in [0.05, 0.1) is 0 Å². The molecule has 0 heterocycles. The van der Waals surface area contributed by atoms with Gasteiger partial charge in [-0.05, 0) is 27.3 Å². The molecule has 1 unspecified atom stereocenters. The third-order valence-electron chi connectivity index (χ3n) is 2.44. The van der Waals surface area contributed by atoms with Gasteiger partial charge in [-0.1, -0.05) is 6.92 Å². The van der Waals surface area contributed by atoms with Crippen molar-refractivity contribution in [3.05, 3.63) is 0 Å². The Morgan fingerprint density at radius 1 is 1.50 bits per heavy atom. The van der Waals surface area contributed by atoms with Crippen LogP contribution in [0.4, 0.5) is 0 Å². The zero-order chi connectivity index (χ0) is 11.1. The van der Waals surface area contributed by atoms with Gasteiger partial charge in [0.25, 0.3) is 0 Å². The first-order chi connectivity index (χ1) is 6.49. The Bertz CT molecular complexity index is 172. The molecule has 0 amide bonds. The van der Waals surface area contributed by atoms with Crippen molar-refractivity contribution in [1.82, 2.24) is 10.2 Å². The minimum absolute atomic E-state index is 0.407. The molecule has 14 heavy (non-hydrogen) atoms. The Balaban J connectivity index is 3.66. The second-order valence-corrected chi connectivity index (χ2v) is 3.83. The zero-order valence-corrected chi connectivity index (χ0v) is 9.58. The summed E-state index contributed by atoms with van der Waals surface area (Å²) in [6.45, 7) is 7.71. The molecule has 1 atom stereocenters. The van der Waals surface area contributed by atoms with Crippen LogP contribution in [0, 0.1) is 0 Å². The average molecular weight is 202 g/mol. The molecular weight excluding hydrogens is 180 g/mol. The van der Waals surface area contributed by atoms with E-state index in [4.69, 9.17) is 5.11 Å². The fraction of sp³-hybridized carbons (Fsp3) is 0.900. The number of hydrogen-bond donors (Lipinski definition) is 2. The van der Waals surface area contributed by atoms with Crippen molar-refractivity contribution < 1.29 is 9.90 Å². The summed E-state index contributed by atoms with van der Waals surface area (Å²) in [7, 11) is 2.04. The van der Waals surface area contributed by atoms with Crippen LogP contribution in [0.3, 0.4) is 0 Å². The molecule has 0 rings (SSSR count). The lowest BCUT2D eigenvalue weighted by atomic mass is 10.2. The van der Waals surface area contributed by atoms with Crippen molar-refractivity contribution in [3.8, 4) is 0 Å². The quantitative estimate of drug-likeness (QED) is 0.640. The lowest BCUT2D eigenvalue weighted by Crippen LogP contribution is -2.41. The van der Waals surface area contributed by atoms with E-state index in [-0.39, 0.29) is 0 Å². The molecule has 0 aliphatic heterocycles. The topological polar surface area (TPSA) is 52.6 Å². The smallest absolute Gasteiger partial charge is 0.320 e. The normalized spacial score (nSPS) is 13.6. The van der Waals surface area contributed by atoms with Crippen LogP contribution in [0.2, 0.25) is 0 Å². The Labute approximate surface area is 86.3 Å². The summed E-state index contributed by atoms with van der Waals surface area (Å²) in [4.78, 5) is 12.8. The van der Waals surface area contributed by atoms with Gasteiger partial charge in [-0.25, -0.2) is 0 Å². The predicted molar refractivity (Wildman–Crippen MR) is 57.5 cm³/mol. The van der Waals surface area contributed by atoms with Crippen LogP contribution in [-0.2, 0) is 4.79 Å². The number of carboxylic acid groups (broad SMARTS) is 1. The third kappa shape index (κ3) is 5.19. The first kappa shape index (κ1) is 13.4. The average Bonchev–Trinajstić information content (AvgIpc) is 2.11. The fourth-order valence-corrected chi connectivity index (χ4v) is 1.08. The molecule has 0 aromatic heterocycles. The molecule has 0 saturated carbocycles. The number of nitrogens with zero attached hydrogens (tertiary/aromatic N) is 1. The minimum Gasteiger partial charge on any atom is -0.480 e. The molecule has 0 bridgehead atoms. The molecule has 4 nitrogen and oxygen atoms in total. The van der Waals surface area contributed by atoms with E-state index in [1.54, 1.807) is 0 Å². The molecule has 0 spiro atoms. The summed E-state index contributed by atoms with van der Waals surface area (Å²) in [5.41, 5.74) is 0. The number of carbonyl (C=O) groups is 1. The lowest BCUT2D eigenvalue weighted by molar-refractivity contribution is -0.139. The van der Waals surface area contributed by atoms with Gasteiger partial charge in [0.15, 0.2) is 0 Å². The molecular formula is C10H22N2O2. The van der Waals surface area contributed by atoms with Crippen molar-refractivity contribution in [2.45, 2.75) is 39.3 Å². The fourth-order valence-electron chi connectivity index (χ4n) is 1.08. The van der Waals surface area contributed by atoms with Gasteiger partial charge in [-0.3, -0.25) is 4.79 Å². The van der Waals surface area contributed by atoms with Gasteiger partial charge in [0.2, 0.25) is 0 Å². The molecule has 0 aromatic carbocycles. The summed E-state index contributed by atoms with van der Waals surface area (Å²) in [5, 5.41) is 11.8. The molecule has 0 aliphatic carbocycles. The summed E-state index contributed by atoms with van der Waals surface area (Å²) in [6.07, 6.45) is 0.626. The Hall–Kier alpha value is -0.610. The maximum Gasteiger partial charge on any atom is 0.320 e. The van der Waals surface area contributed by atoms with Crippen LogP contribution in [0.15, 0.2) is 0 Å². The van der Waals surface area contributed by atoms with Gasteiger partial charge < -0.3 is 15.3 Å². The highest BCUT2D eigenvalue weighted by molar-refractivity contribution is 5.73. The maximum absolute atomic E-state index is 10.7. The zero-order valence-electron chi connectivity index (χ0n) is 9.58. The van der Waals surface area contributed by atoms with Crippen LogP contribution in [0.5, 0.6) is 0 Å². The van der Waals surface area contributed by atoms with Gasteiger partial charge in [0.1, 0.15) is 6.04 Å². The SMILES string of the molecule is CCC(NCCN(C)C(C)C)C(=O)O. The lowest BCUT2D eigenvalue weighted by Gasteiger charge is -2.22. The van der Waals surface area contributed by atoms with E-state index in [1.165, 1.54) is 0 Å². The summed E-state index contributed by atoms with van der Waals surface area (Å²) < 4.78 is 0. The highest BCUT2D eigenvalue weighted by Gasteiger charge is 2.13. The van der Waals surface area contributed by atoms with Crippen molar-refractivity contribution in [1.29, 1.82) is 0 Å². The Morgan fingerprint density at radius 3 is 2.43 bits per heavy atom. The Morgan fingerprint density at radius 2 is 2.07 bits per heavy atom. The number of rotatable bonds is 7. The van der Waals surface area contributed by atoms with Crippen molar-refractivity contribution in [2.75, 3.05) is 20.1 Å². The Kier molecular flexibility index (Phi) is 6.49. The van der Waals surface area contributed by atoms with Crippen LogP contribution in [-0.4, -0.2) is 48.2 Å². The molecule has 84 valence electrons. The number of aliphatic carboxylic acids is 1. The van der Waals surface area contributed by atoms with Crippen molar-refractivity contribution in [2.24, 2.45) is 0 Å². The molecule has 0 radical (unpaired) electrons. The standard InChI is InChI=1S/C10H22N2O2/c1-5-9(10(13)14)11-6-7-12(4)8(2)3/h8-9,11H,5-7H2,1-4H3,(H,13,14). The van der Waals surface area contributed by atoms with E-state index in [0.29, 0.717) is 12.5 Å². The first-order valence-corrected chi connectivity index (χ1v) is 5.15. The van der Waals surface area contributed by atoms with Crippen LogP contribution >= 0.6 is 0 Å². The van der Waals surface area contributed by atoms with Crippen molar-refractivity contribution in [3.63, 3.8) is 0 Å². The van der Waals surface area contributed by atoms with E-state index in [9.17, 15) is 4.79 Å². The van der Waals surface area contributed by atoms with Gasteiger partial charge in [-0.2, -0.15) is 0 Å². The van der Waals surface area contributed by atoms with Gasteiger partial charge >= 0.3 is 5.97 Å². The maximum atomic E-state index is 10.7. The van der Waals surface area contributed by atoms with E-state index >= 15 is 0 Å². The monoisotopic (exact) mass is 202 g/mol. The first-order valence-electron chi connectivity index (χ1n) is 5.15. The van der Waals surface area contributed by atoms with E-state index in [2.05, 4.69) is 24.1 Å². The van der Waals surface area contributed by atoms with E-state index in [0.717, 1.165) is 13.1 Å². The minimum atomic E-state index is -0.764. The molecule has 0 aromatic rings. The number of carboxylic acids is 1. The van der Waals surface area contributed by atoms with Crippen LogP contribution < -0.4 is 5.32 Å². The second kappa shape index (κ2) is 6.79. The predicted octanol–water partition coefficient (Wildman–Crippen LogP) is 0.779. The summed E-state index contributed by atoms with van der Waals surface area (Å²) in [5.74, 6) is -0.764. The molecule has 0 fully saturated rings. The molecule has 4 heteroatoms. The summed E-state index contributed by atoms with van der Waals surface area (Å²) >= 11 is 0. The largest absolute Gasteiger partial charge is 0.480 e.